The van der Waals surface area contributed by atoms with Crippen molar-refractivity contribution in [1.82, 2.24) is 25.9 Å². The average Bonchev–Trinajstić information content (AvgIpc) is 3.52. The maximum Gasteiger partial charge on any atom is 0.274 e. The van der Waals surface area contributed by atoms with E-state index in [2.05, 4.69) is 21.3 Å². The molecule has 2 aromatic carbocycles. The zero-order valence-electron chi connectivity index (χ0n) is 17.7. The van der Waals surface area contributed by atoms with E-state index in [1.165, 1.54) is 12.1 Å². The molecule has 2 aliphatic rings. The second kappa shape index (κ2) is 8.80. The lowest BCUT2D eigenvalue weighted by Crippen LogP contribution is -2.43. The van der Waals surface area contributed by atoms with E-state index in [9.17, 15) is 14.0 Å². The van der Waals surface area contributed by atoms with Crippen molar-refractivity contribution >= 4 is 16.7 Å². The molecule has 0 spiro atoms. The standard InChI is InChI=1S/C24H26FN5O2/c25-16-11-9-15(10-12-16)20-13-21(28-27-20)23(31)26-14-22-18-7-3-4-8-19(18)24(32)30(29-22)17-5-1-2-6-17/h3-4,7-12,17,20-21,27-28H,1-2,5-6,13-14H2,(H,26,31). The monoisotopic (exact) mass is 435 g/mol. The number of amides is 1. The molecule has 0 radical (unpaired) electrons. The van der Waals surface area contributed by atoms with E-state index in [0.29, 0.717) is 17.5 Å². The summed E-state index contributed by atoms with van der Waals surface area (Å²) in [5.74, 6) is -0.431. The first-order valence-corrected chi connectivity index (χ1v) is 11.1. The van der Waals surface area contributed by atoms with Crippen LogP contribution in [0.2, 0.25) is 0 Å². The maximum atomic E-state index is 13.2. The highest BCUT2D eigenvalue weighted by Crippen LogP contribution is 2.28. The summed E-state index contributed by atoms with van der Waals surface area (Å²) >= 11 is 0. The first-order valence-electron chi connectivity index (χ1n) is 11.1. The Bertz CT molecular complexity index is 1190. The van der Waals surface area contributed by atoms with E-state index in [4.69, 9.17) is 0 Å². The third-order valence-corrected chi connectivity index (χ3v) is 6.50. The molecule has 1 saturated carbocycles. The molecule has 166 valence electrons. The van der Waals surface area contributed by atoms with Crippen LogP contribution in [0.25, 0.3) is 10.8 Å². The number of hydrazine groups is 1. The highest BCUT2D eigenvalue weighted by atomic mass is 19.1. The predicted octanol–water partition coefficient (Wildman–Crippen LogP) is 2.87. The Labute approximate surface area is 185 Å². The first-order chi connectivity index (χ1) is 15.6. The Balaban J connectivity index is 1.31. The van der Waals surface area contributed by atoms with Gasteiger partial charge in [0.25, 0.3) is 5.56 Å². The highest BCUT2D eigenvalue weighted by Gasteiger charge is 2.30. The smallest absolute Gasteiger partial charge is 0.274 e. The fourth-order valence-corrected chi connectivity index (χ4v) is 4.74. The number of hydrogen-bond acceptors (Lipinski definition) is 5. The van der Waals surface area contributed by atoms with Gasteiger partial charge in [0.1, 0.15) is 11.9 Å². The van der Waals surface area contributed by atoms with Crippen LogP contribution in [-0.4, -0.2) is 21.7 Å². The van der Waals surface area contributed by atoms with Crippen molar-refractivity contribution in [2.45, 2.75) is 56.8 Å². The molecule has 3 aromatic rings. The minimum Gasteiger partial charge on any atom is -0.349 e. The summed E-state index contributed by atoms with van der Waals surface area (Å²) in [5.41, 5.74) is 7.69. The van der Waals surface area contributed by atoms with E-state index in [1.54, 1.807) is 16.8 Å². The second-order valence-corrected chi connectivity index (χ2v) is 8.58. The van der Waals surface area contributed by atoms with Crippen LogP contribution in [0.3, 0.4) is 0 Å². The quantitative estimate of drug-likeness (QED) is 0.574. The van der Waals surface area contributed by atoms with Gasteiger partial charge in [-0.1, -0.05) is 43.2 Å². The number of aromatic nitrogens is 2. The van der Waals surface area contributed by atoms with Gasteiger partial charge in [0.15, 0.2) is 0 Å². The van der Waals surface area contributed by atoms with Crippen LogP contribution >= 0.6 is 0 Å². The van der Waals surface area contributed by atoms with Crippen molar-refractivity contribution < 1.29 is 9.18 Å². The number of benzene rings is 2. The molecule has 2 heterocycles. The van der Waals surface area contributed by atoms with Crippen LogP contribution in [0.1, 0.15) is 55.4 Å². The van der Waals surface area contributed by atoms with Crippen LogP contribution in [0, 0.1) is 5.82 Å². The number of carbonyl (C=O) groups excluding carboxylic acids is 1. The zero-order valence-corrected chi connectivity index (χ0v) is 17.7. The Morgan fingerprint density at radius 3 is 2.53 bits per heavy atom. The van der Waals surface area contributed by atoms with Gasteiger partial charge in [-0.25, -0.2) is 19.9 Å². The molecule has 1 amide bonds. The molecule has 1 aromatic heterocycles. The second-order valence-electron chi connectivity index (χ2n) is 8.58. The van der Waals surface area contributed by atoms with Gasteiger partial charge in [-0.3, -0.25) is 9.59 Å². The Morgan fingerprint density at radius 1 is 1.06 bits per heavy atom. The van der Waals surface area contributed by atoms with Crippen LogP contribution in [0.15, 0.2) is 53.3 Å². The fraction of sp³-hybridized carbons (Fsp3) is 0.375. The van der Waals surface area contributed by atoms with Gasteiger partial charge in [-0.15, -0.1) is 0 Å². The molecule has 1 saturated heterocycles. The van der Waals surface area contributed by atoms with E-state index in [-0.39, 0.29) is 35.9 Å². The van der Waals surface area contributed by atoms with Gasteiger partial charge in [0.05, 0.1) is 23.7 Å². The lowest BCUT2D eigenvalue weighted by Gasteiger charge is -2.17. The van der Waals surface area contributed by atoms with Gasteiger partial charge >= 0.3 is 0 Å². The molecule has 0 bridgehead atoms. The molecule has 1 aliphatic carbocycles. The van der Waals surface area contributed by atoms with Gasteiger partial charge < -0.3 is 5.32 Å². The van der Waals surface area contributed by atoms with Gasteiger partial charge in [-0.05, 0) is 43.0 Å². The Kier molecular flexibility index (Phi) is 5.71. The van der Waals surface area contributed by atoms with Crippen molar-refractivity contribution in [1.29, 1.82) is 0 Å². The summed E-state index contributed by atoms with van der Waals surface area (Å²) in [6.45, 7) is 0.242. The summed E-state index contributed by atoms with van der Waals surface area (Å²) in [7, 11) is 0. The number of nitrogens with one attached hydrogen (secondary N) is 3. The summed E-state index contributed by atoms with van der Waals surface area (Å²) < 4.78 is 14.8. The Morgan fingerprint density at radius 2 is 1.78 bits per heavy atom. The molecule has 5 rings (SSSR count). The molecule has 32 heavy (non-hydrogen) atoms. The van der Waals surface area contributed by atoms with Crippen molar-refractivity contribution in [2.24, 2.45) is 0 Å². The number of fused-ring (bicyclic) bond motifs is 1. The highest BCUT2D eigenvalue weighted by molar-refractivity contribution is 5.85. The number of rotatable bonds is 5. The number of carbonyl (C=O) groups is 1. The van der Waals surface area contributed by atoms with E-state index >= 15 is 0 Å². The van der Waals surface area contributed by atoms with Crippen molar-refractivity contribution in [2.75, 3.05) is 0 Å². The van der Waals surface area contributed by atoms with Crippen LogP contribution in [0.5, 0.6) is 0 Å². The summed E-state index contributed by atoms with van der Waals surface area (Å²) in [6.07, 6.45) is 4.67. The molecule has 3 N–H and O–H groups in total. The van der Waals surface area contributed by atoms with E-state index in [1.807, 2.05) is 24.3 Å². The maximum absolute atomic E-state index is 13.2. The molecule has 2 atom stereocenters. The average molecular weight is 436 g/mol. The van der Waals surface area contributed by atoms with E-state index < -0.39 is 6.04 Å². The normalized spacial score (nSPS) is 21.3. The predicted molar refractivity (Wildman–Crippen MR) is 119 cm³/mol. The molecule has 8 heteroatoms. The molecular weight excluding hydrogens is 409 g/mol. The zero-order chi connectivity index (χ0) is 22.1. The molecule has 2 unspecified atom stereocenters. The third-order valence-electron chi connectivity index (χ3n) is 6.50. The molecule has 7 nitrogen and oxygen atoms in total. The minimum atomic E-state index is -0.419. The van der Waals surface area contributed by atoms with Gasteiger partial charge in [-0.2, -0.15) is 5.10 Å². The number of hydrogen-bond donors (Lipinski definition) is 3. The van der Waals surface area contributed by atoms with E-state index in [0.717, 1.165) is 36.6 Å². The molecule has 2 fully saturated rings. The lowest BCUT2D eigenvalue weighted by molar-refractivity contribution is -0.123. The fourth-order valence-electron chi connectivity index (χ4n) is 4.74. The van der Waals surface area contributed by atoms with Crippen LogP contribution in [-0.2, 0) is 11.3 Å². The van der Waals surface area contributed by atoms with Gasteiger partial charge in [0.2, 0.25) is 5.91 Å². The Hall–Kier alpha value is -3.10. The summed E-state index contributed by atoms with van der Waals surface area (Å²) in [4.78, 5) is 25.8. The van der Waals surface area contributed by atoms with Crippen molar-refractivity contribution in [3.8, 4) is 0 Å². The molecular formula is C24H26FN5O2. The van der Waals surface area contributed by atoms with Crippen LogP contribution < -0.4 is 21.7 Å². The number of nitrogens with zero attached hydrogens (tertiary/aromatic N) is 2. The van der Waals surface area contributed by atoms with Crippen LogP contribution in [0.4, 0.5) is 4.39 Å². The minimum absolute atomic E-state index is 0.0635. The van der Waals surface area contributed by atoms with Crippen molar-refractivity contribution in [3.05, 3.63) is 76.0 Å². The lowest BCUT2D eigenvalue weighted by atomic mass is 10.0. The topological polar surface area (TPSA) is 88.0 Å². The van der Waals surface area contributed by atoms with Crippen molar-refractivity contribution in [3.63, 3.8) is 0 Å². The largest absolute Gasteiger partial charge is 0.349 e. The summed E-state index contributed by atoms with van der Waals surface area (Å²) in [5, 5.41) is 9.05. The van der Waals surface area contributed by atoms with Gasteiger partial charge in [0, 0.05) is 11.4 Å². The molecule has 1 aliphatic heterocycles. The summed E-state index contributed by atoms with van der Waals surface area (Å²) in [6, 6.07) is 13.3. The SMILES string of the molecule is O=C(NCc1nn(C2CCCC2)c(=O)c2ccccc12)C1CC(c2ccc(F)cc2)NN1. The first kappa shape index (κ1) is 20.8. The third kappa shape index (κ3) is 4.03. The number of halogens is 1.